The topological polar surface area (TPSA) is 26.3 Å². The fourth-order valence-electron chi connectivity index (χ4n) is 0.847. The summed E-state index contributed by atoms with van der Waals surface area (Å²) < 4.78 is 5.12. The van der Waals surface area contributed by atoms with E-state index in [-0.39, 0.29) is 11.4 Å². The van der Waals surface area contributed by atoms with Crippen LogP contribution in [0.2, 0.25) is 0 Å². The lowest BCUT2D eigenvalue weighted by Gasteiger charge is -2.25. The van der Waals surface area contributed by atoms with E-state index < -0.39 is 6.10 Å². The first-order valence-corrected chi connectivity index (χ1v) is 4.59. The van der Waals surface area contributed by atoms with Crippen LogP contribution >= 0.6 is 0 Å². The lowest BCUT2D eigenvalue weighted by Crippen LogP contribution is -2.29. The van der Waals surface area contributed by atoms with Gasteiger partial charge in [0.15, 0.2) is 6.10 Å². The molecule has 0 heterocycles. The van der Waals surface area contributed by atoms with Crippen LogP contribution in [-0.4, -0.2) is 12.1 Å². The smallest absolute Gasteiger partial charge is 0.331 e. The third kappa shape index (κ3) is 4.71. The minimum absolute atomic E-state index is 0.222. The number of carbonyl (C=O) groups excluding carboxylic acids is 1. The van der Waals surface area contributed by atoms with Gasteiger partial charge in [0, 0.05) is 11.5 Å². The maximum Gasteiger partial charge on any atom is 0.331 e. The van der Waals surface area contributed by atoms with Crippen LogP contribution in [0.25, 0.3) is 0 Å². The van der Waals surface area contributed by atoms with Crippen LogP contribution in [0, 0.1) is 17.8 Å². The zero-order valence-corrected chi connectivity index (χ0v) is 9.55. The lowest BCUT2D eigenvalue weighted by molar-refractivity contribution is -0.144. The molecule has 2 nitrogen and oxygen atoms in total. The molecule has 14 heavy (non-hydrogen) atoms. The molecule has 0 saturated heterocycles. The van der Waals surface area contributed by atoms with Crippen LogP contribution in [0.1, 0.15) is 34.6 Å². The van der Waals surface area contributed by atoms with Gasteiger partial charge in [-0.2, -0.15) is 0 Å². The molecule has 2 heteroatoms. The van der Waals surface area contributed by atoms with E-state index >= 15 is 0 Å². The van der Waals surface area contributed by atoms with Crippen molar-refractivity contribution < 1.29 is 9.53 Å². The van der Waals surface area contributed by atoms with Gasteiger partial charge in [0.05, 0.1) is 0 Å². The van der Waals surface area contributed by atoms with Crippen LogP contribution in [0.4, 0.5) is 0 Å². The second kappa shape index (κ2) is 4.85. The molecule has 0 rings (SSSR count). The number of esters is 1. The number of ether oxygens (including phenoxy) is 1. The van der Waals surface area contributed by atoms with Crippen molar-refractivity contribution in [1.29, 1.82) is 0 Å². The molecular weight excluding hydrogens is 176 g/mol. The molecule has 0 aliphatic carbocycles. The van der Waals surface area contributed by atoms with E-state index in [4.69, 9.17) is 11.2 Å². The molecule has 1 unspecified atom stereocenters. The molecular formula is C12H18O2. The van der Waals surface area contributed by atoms with E-state index in [0.29, 0.717) is 0 Å². The maximum absolute atomic E-state index is 11.3. The van der Waals surface area contributed by atoms with Crippen LogP contribution in [0.5, 0.6) is 0 Å². The van der Waals surface area contributed by atoms with Gasteiger partial charge >= 0.3 is 5.97 Å². The second-order valence-electron chi connectivity index (χ2n) is 4.57. The molecule has 0 aromatic rings. The Balaban J connectivity index is 4.45. The van der Waals surface area contributed by atoms with Crippen LogP contribution < -0.4 is 0 Å². The van der Waals surface area contributed by atoms with E-state index in [1.165, 1.54) is 6.08 Å². The van der Waals surface area contributed by atoms with E-state index in [1.807, 2.05) is 34.6 Å². The summed E-state index contributed by atoms with van der Waals surface area (Å²) in [6, 6.07) is 0. The predicted molar refractivity (Wildman–Crippen MR) is 57.6 cm³/mol. The Labute approximate surface area is 86.3 Å². The Morgan fingerprint density at radius 1 is 1.43 bits per heavy atom. The molecule has 0 bridgehead atoms. The summed E-state index contributed by atoms with van der Waals surface area (Å²) in [5.41, 5.74) is 0.680. The normalized spacial score (nSPS) is 12.6. The molecule has 0 aromatic carbocycles. The summed E-state index contributed by atoms with van der Waals surface area (Å²) in [4.78, 5) is 11.3. The van der Waals surface area contributed by atoms with Gasteiger partial charge in [-0.05, 0) is 13.8 Å². The zero-order chi connectivity index (χ0) is 11.4. The van der Waals surface area contributed by atoms with Gasteiger partial charge in [0.25, 0.3) is 0 Å². The fourth-order valence-corrected chi connectivity index (χ4v) is 0.847. The average molecular weight is 194 g/mol. The van der Waals surface area contributed by atoms with E-state index in [1.54, 1.807) is 0 Å². The first-order chi connectivity index (χ1) is 6.27. The maximum atomic E-state index is 11.3. The molecule has 0 radical (unpaired) electrons. The number of carbonyl (C=O) groups is 1. The van der Waals surface area contributed by atoms with Crippen molar-refractivity contribution >= 4 is 5.97 Å². The third-order valence-electron chi connectivity index (χ3n) is 1.58. The van der Waals surface area contributed by atoms with Gasteiger partial charge in [-0.1, -0.05) is 32.3 Å². The SMILES string of the molecule is C#CC(OC(=O)C=C(C)C)C(C)(C)C. The molecule has 1 atom stereocenters. The zero-order valence-electron chi connectivity index (χ0n) is 9.55. The fraction of sp³-hybridized carbons (Fsp3) is 0.583. The van der Waals surface area contributed by atoms with Crippen molar-refractivity contribution in [3.63, 3.8) is 0 Å². The largest absolute Gasteiger partial charge is 0.445 e. The van der Waals surface area contributed by atoms with E-state index in [2.05, 4.69) is 5.92 Å². The first-order valence-electron chi connectivity index (χ1n) is 4.59. The summed E-state index contributed by atoms with van der Waals surface area (Å²) in [6.07, 6.45) is 6.25. The van der Waals surface area contributed by atoms with Crippen molar-refractivity contribution in [2.75, 3.05) is 0 Å². The molecule has 78 valence electrons. The molecule has 0 aliphatic heterocycles. The molecule has 0 amide bonds. The highest BCUT2D eigenvalue weighted by Crippen LogP contribution is 2.21. The van der Waals surface area contributed by atoms with Crippen molar-refractivity contribution in [2.45, 2.75) is 40.7 Å². The van der Waals surface area contributed by atoms with Crippen molar-refractivity contribution in [3.05, 3.63) is 11.6 Å². The standard InChI is InChI=1S/C12H18O2/c1-7-10(12(4,5)6)14-11(13)8-9(2)3/h1,8,10H,2-6H3. The molecule has 0 saturated carbocycles. The Kier molecular flexibility index (Phi) is 4.43. The number of rotatable bonds is 2. The van der Waals surface area contributed by atoms with E-state index in [0.717, 1.165) is 5.57 Å². The predicted octanol–water partition coefficient (Wildman–Crippen LogP) is 2.54. The van der Waals surface area contributed by atoms with Crippen molar-refractivity contribution in [2.24, 2.45) is 5.41 Å². The molecule has 0 N–H and O–H groups in total. The molecule has 0 spiro atoms. The van der Waals surface area contributed by atoms with Gasteiger partial charge < -0.3 is 4.74 Å². The average Bonchev–Trinajstić information content (AvgIpc) is 1.96. The summed E-state index contributed by atoms with van der Waals surface area (Å²) in [5, 5.41) is 0. The highest BCUT2D eigenvalue weighted by Gasteiger charge is 2.25. The Morgan fingerprint density at radius 2 is 1.93 bits per heavy atom. The summed E-state index contributed by atoms with van der Waals surface area (Å²) in [5.74, 6) is 2.10. The molecule has 0 aromatic heterocycles. The highest BCUT2D eigenvalue weighted by atomic mass is 16.5. The Morgan fingerprint density at radius 3 is 2.21 bits per heavy atom. The molecule has 0 aliphatic rings. The van der Waals surface area contributed by atoms with Gasteiger partial charge in [-0.25, -0.2) is 4.79 Å². The van der Waals surface area contributed by atoms with Gasteiger partial charge in [0.1, 0.15) is 0 Å². The number of terminal acetylenes is 1. The van der Waals surface area contributed by atoms with Crippen LogP contribution in [-0.2, 0) is 9.53 Å². The van der Waals surface area contributed by atoms with E-state index in [9.17, 15) is 4.79 Å². The molecule has 0 fully saturated rings. The monoisotopic (exact) mass is 194 g/mol. The first kappa shape index (κ1) is 12.8. The third-order valence-corrected chi connectivity index (χ3v) is 1.58. The summed E-state index contributed by atoms with van der Waals surface area (Å²) in [7, 11) is 0. The minimum atomic E-state index is -0.481. The van der Waals surface area contributed by atoms with Gasteiger partial charge in [0.2, 0.25) is 0 Å². The lowest BCUT2D eigenvalue weighted by atomic mass is 9.89. The van der Waals surface area contributed by atoms with Gasteiger partial charge in [-0.3, -0.25) is 0 Å². The minimum Gasteiger partial charge on any atom is -0.445 e. The summed E-state index contributed by atoms with van der Waals surface area (Å²) >= 11 is 0. The Hall–Kier alpha value is -1.23. The quantitative estimate of drug-likeness (QED) is 0.383. The van der Waals surface area contributed by atoms with Crippen LogP contribution in [0.3, 0.4) is 0 Å². The highest BCUT2D eigenvalue weighted by molar-refractivity contribution is 5.82. The van der Waals surface area contributed by atoms with Gasteiger partial charge in [-0.15, -0.1) is 6.42 Å². The number of hydrogen-bond acceptors (Lipinski definition) is 2. The number of hydrogen-bond donors (Lipinski definition) is 0. The number of allylic oxidation sites excluding steroid dienone is 1. The summed E-state index contributed by atoms with van der Waals surface area (Å²) in [6.45, 7) is 9.49. The van der Waals surface area contributed by atoms with Crippen molar-refractivity contribution in [1.82, 2.24) is 0 Å². The second-order valence-corrected chi connectivity index (χ2v) is 4.57. The van der Waals surface area contributed by atoms with Crippen LogP contribution in [0.15, 0.2) is 11.6 Å². The van der Waals surface area contributed by atoms with Crippen molar-refractivity contribution in [3.8, 4) is 12.3 Å². The Bertz CT molecular complexity index is 270.